The van der Waals surface area contributed by atoms with Crippen molar-refractivity contribution in [3.05, 3.63) is 168 Å². The molecule has 1 radical (unpaired) electrons. The molecule has 55 heavy (non-hydrogen) atoms. The molecule has 275 valence electrons. The number of pyridine rings is 2. The van der Waals surface area contributed by atoms with E-state index in [1.807, 2.05) is 42.5 Å². The normalized spacial score (nSPS) is 13.3. The number of fused-ring (bicyclic) bond motifs is 4. The van der Waals surface area contributed by atoms with E-state index in [0.29, 0.717) is 28.7 Å². The van der Waals surface area contributed by atoms with Gasteiger partial charge in [-0.1, -0.05) is 124 Å². The maximum absolute atomic E-state index is 7.28. The van der Waals surface area contributed by atoms with Gasteiger partial charge in [-0.15, -0.1) is 53.6 Å². The van der Waals surface area contributed by atoms with Crippen molar-refractivity contribution in [2.24, 2.45) is 0 Å². The van der Waals surface area contributed by atoms with E-state index in [-0.39, 0.29) is 31.2 Å². The summed E-state index contributed by atoms with van der Waals surface area (Å²) in [7, 11) is 0. The Morgan fingerprint density at radius 3 is 2.09 bits per heavy atom. The Balaban J connectivity index is 0.000000226. The van der Waals surface area contributed by atoms with Crippen molar-refractivity contribution in [1.82, 2.24) is 19.5 Å². The van der Waals surface area contributed by atoms with Crippen LogP contribution in [0.25, 0.3) is 72.7 Å². The second-order valence-electron chi connectivity index (χ2n) is 13.9. The molecular weight excluding hydrogens is 853 g/mol. The molecule has 0 N–H and O–H groups in total. The van der Waals surface area contributed by atoms with Crippen LogP contribution >= 0.6 is 0 Å². The number of para-hydroxylation sites is 2. The first-order valence-electron chi connectivity index (χ1n) is 21.1. The second kappa shape index (κ2) is 16.0. The zero-order valence-corrected chi connectivity index (χ0v) is 33.3. The Morgan fingerprint density at radius 1 is 0.673 bits per heavy atom. The summed E-state index contributed by atoms with van der Waals surface area (Å²) in [4.78, 5) is 14.4. The van der Waals surface area contributed by atoms with Crippen molar-refractivity contribution >= 4 is 33.1 Å². The third-order valence-corrected chi connectivity index (χ3v) is 9.57. The van der Waals surface area contributed by atoms with Gasteiger partial charge in [0, 0.05) is 51.2 Å². The minimum atomic E-state index is -2.18. The fourth-order valence-corrected chi connectivity index (χ4v) is 6.89. The van der Waals surface area contributed by atoms with Gasteiger partial charge in [0.05, 0.1) is 22.6 Å². The molecule has 0 aliphatic heterocycles. The number of furan rings is 1. The van der Waals surface area contributed by atoms with Crippen molar-refractivity contribution in [1.29, 1.82) is 0 Å². The van der Waals surface area contributed by atoms with Crippen LogP contribution in [0.15, 0.2) is 138 Å². The molecule has 0 atom stereocenters. The van der Waals surface area contributed by atoms with Gasteiger partial charge in [0.2, 0.25) is 0 Å². The van der Waals surface area contributed by atoms with Crippen molar-refractivity contribution < 1.29 is 32.7 Å². The quantitative estimate of drug-likeness (QED) is 0.156. The molecule has 0 aliphatic rings. The van der Waals surface area contributed by atoms with Crippen LogP contribution < -0.4 is 0 Å². The molecule has 0 spiro atoms. The number of hydrogen-bond acceptors (Lipinski definition) is 4. The average molecular weight is 901 g/mol. The van der Waals surface area contributed by atoms with E-state index in [2.05, 4.69) is 104 Å². The number of nitrogens with zero attached hydrogens (tertiary/aromatic N) is 4. The average Bonchev–Trinajstić information content (AvgIpc) is 3.82. The predicted octanol–water partition coefficient (Wildman–Crippen LogP) is 12.9. The number of aryl methyl sites for hydroxylation is 2. The van der Waals surface area contributed by atoms with Crippen LogP contribution in [0, 0.1) is 25.8 Å². The van der Waals surface area contributed by atoms with E-state index in [1.165, 1.54) is 41.2 Å². The molecule has 0 amide bonds. The van der Waals surface area contributed by atoms with Gasteiger partial charge < -0.3 is 14.0 Å². The molecule has 0 unspecified atom stereocenters. The number of rotatable bonds is 6. The van der Waals surface area contributed by atoms with Gasteiger partial charge >= 0.3 is 0 Å². The standard InChI is InChI=1S/C36H30N3O.C13H12N.Ir/c1-22(2)25-15-10-16-26(23(3)4)33(25)39-31-21-20-30(24-12-6-5-7-13-24)37-35(31)38-36(39)29-18-11-17-28-27-14-8-9-19-32(27)40-34(28)29;1-10-3-6-12(7-4-10)13-8-5-11(2)9-14-13;/h5-17,19-23H,1-4H3;3-6,8-9H,1-2H3;/q2*-1;/i;1D3,2D3;. The predicted molar refractivity (Wildman–Crippen MR) is 222 cm³/mol. The Bertz CT molecular complexity index is 2870. The van der Waals surface area contributed by atoms with Gasteiger partial charge in [0.25, 0.3) is 0 Å². The molecule has 9 aromatic rings. The van der Waals surface area contributed by atoms with Crippen molar-refractivity contribution in [3.8, 4) is 39.6 Å². The topological polar surface area (TPSA) is 56.7 Å². The van der Waals surface area contributed by atoms with Crippen LogP contribution in [0.1, 0.15) is 70.0 Å². The molecule has 0 fully saturated rings. The van der Waals surface area contributed by atoms with E-state index >= 15 is 0 Å². The van der Waals surface area contributed by atoms with E-state index in [0.717, 1.165) is 50.1 Å². The summed E-state index contributed by atoms with van der Waals surface area (Å²) in [6, 6.07) is 47.3. The molecule has 6 heteroatoms. The fraction of sp³-hybridized carbons (Fsp3) is 0.163. The van der Waals surface area contributed by atoms with E-state index in [9.17, 15) is 0 Å². The summed E-state index contributed by atoms with van der Waals surface area (Å²) in [6.07, 6.45) is 1.30. The van der Waals surface area contributed by atoms with Gasteiger partial charge in [-0.25, -0.2) is 4.98 Å². The Morgan fingerprint density at radius 2 is 1.40 bits per heavy atom. The van der Waals surface area contributed by atoms with Gasteiger partial charge in [-0.05, 0) is 59.3 Å². The number of imidazole rings is 1. The maximum Gasteiger partial charge on any atom is 0.168 e. The SMILES string of the molecule is CC(C)c1cccc(C(C)C)c1-n1c(-c2[c-]ccc3c2oc2ccccc23)nc2nc(-c3ccccc3)ccc21.[2H]C([2H])([2H])c1c[c-]c(-c2ccc(C([2H])([2H])[2H])cn2)cc1.[Ir]. The number of aromatic nitrogens is 4. The van der Waals surface area contributed by atoms with Gasteiger partial charge in [-0.3, -0.25) is 4.98 Å². The van der Waals surface area contributed by atoms with Crippen LogP contribution in [0.4, 0.5) is 0 Å². The molecule has 9 rings (SSSR count). The van der Waals surface area contributed by atoms with Crippen LogP contribution in [0.5, 0.6) is 0 Å². The Hall–Kier alpha value is -5.68. The minimum absolute atomic E-state index is 0. The first-order valence-corrected chi connectivity index (χ1v) is 18.1. The fourth-order valence-electron chi connectivity index (χ4n) is 6.89. The van der Waals surface area contributed by atoms with Crippen molar-refractivity contribution in [2.75, 3.05) is 0 Å². The summed E-state index contributed by atoms with van der Waals surface area (Å²) in [5.74, 6) is 1.43. The largest absolute Gasteiger partial charge is 0.501 e. The van der Waals surface area contributed by atoms with Crippen molar-refractivity contribution in [2.45, 2.75) is 53.2 Å². The third kappa shape index (κ3) is 7.41. The van der Waals surface area contributed by atoms with Gasteiger partial charge in [0.1, 0.15) is 5.58 Å². The third-order valence-electron chi connectivity index (χ3n) is 9.57. The zero-order valence-electron chi connectivity index (χ0n) is 36.9. The molecule has 5 nitrogen and oxygen atoms in total. The zero-order chi connectivity index (χ0) is 42.3. The Labute approximate surface area is 344 Å². The van der Waals surface area contributed by atoms with E-state index < -0.39 is 13.7 Å². The molecule has 4 heterocycles. The molecule has 0 saturated heterocycles. The van der Waals surface area contributed by atoms with Crippen molar-refractivity contribution in [3.63, 3.8) is 0 Å². The van der Waals surface area contributed by atoms with E-state index in [1.54, 1.807) is 12.1 Å². The molecule has 0 saturated carbocycles. The van der Waals surface area contributed by atoms with Crippen LogP contribution in [0.2, 0.25) is 0 Å². The number of benzene rings is 5. The van der Waals surface area contributed by atoms with Crippen LogP contribution in [0.3, 0.4) is 0 Å². The smallest absolute Gasteiger partial charge is 0.168 e. The number of hydrogen-bond donors (Lipinski definition) is 0. The molecule has 0 bridgehead atoms. The summed E-state index contributed by atoms with van der Waals surface area (Å²) in [6.45, 7) is 4.66. The Kier molecular flexibility index (Phi) is 8.89. The van der Waals surface area contributed by atoms with Gasteiger partial charge in [-0.2, -0.15) is 0 Å². The molecule has 4 aromatic heterocycles. The summed E-state index contributed by atoms with van der Waals surface area (Å²) in [5, 5.41) is 2.15. The first-order chi connectivity index (χ1) is 28.7. The minimum Gasteiger partial charge on any atom is -0.501 e. The van der Waals surface area contributed by atoms with Crippen LogP contribution in [-0.4, -0.2) is 19.5 Å². The van der Waals surface area contributed by atoms with Gasteiger partial charge in [0.15, 0.2) is 5.65 Å². The monoisotopic (exact) mass is 901 g/mol. The molecule has 0 aliphatic carbocycles. The summed E-state index contributed by atoms with van der Waals surface area (Å²) >= 11 is 0. The maximum atomic E-state index is 7.28. The first kappa shape index (κ1) is 30.6. The molecule has 5 aromatic carbocycles. The molecular formula is C49H42IrN4O-2. The van der Waals surface area contributed by atoms with E-state index in [4.69, 9.17) is 22.6 Å². The summed E-state index contributed by atoms with van der Waals surface area (Å²) in [5.41, 5.74) is 11.4. The summed E-state index contributed by atoms with van der Waals surface area (Å²) < 4.78 is 52.4. The second-order valence-corrected chi connectivity index (χ2v) is 13.9. The van der Waals surface area contributed by atoms with Crippen LogP contribution in [-0.2, 0) is 20.1 Å².